The summed E-state index contributed by atoms with van der Waals surface area (Å²) in [5, 5.41) is 10.2. The number of carbonyl (C=O) groups excluding carboxylic acids is 1. The van der Waals surface area contributed by atoms with Gasteiger partial charge < -0.3 is 15.4 Å². The quantitative estimate of drug-likeness (QED) is 0.601. The van der Waals surface area contributed by atoms with Crippen molar-refractivity contribution in [3.05, 3.63) is 60.4 Å². The Bertz CT molecular complexity index is 1060. The smallest absolute Gasteiger partial charge is 0.247 e. The molecule has 0 saturated heterocycles. The highest BCUT2D eigenvalue weighted by atomic mass is 32.2. The molecule has 0 fully saturated rings. The Morgan fingerprint density at radius 3 is 3.03 bits per heavy atom. The lowest BCUT2D eigenvalue weighted by molar-refractivity contribution is -0.111. The van der Waals surface area contributed by atoms with Crippen molar-refractivity contribution in [2.75, 3.05) is 16.4 Å². The lowest BCUT2D eigenvalue weighted by Crippen LogP contribution is -2.11. The first-order chi connectivity index (χ1) is 14.1. The van der Waals surface area contributed by atoms with Gasteiger partial charge in [0, 0.05) is 42.4 Å². The number of amides is 1. The van der Waals surface area contributed by atoms with Crippen LogP contribution in [-0.4, -0.2) is 31.4 Å². The summed E-state index contributed by atoms with van der Waals surface area (Å²) in [5.74, 6) is 3.72. The van der Waals surface area contributed by atoms with Crippen LogP contribution in [0.1, 0.15) is 11.3 Å². The van der Waals surface area contributed by atoms with Crippen LogP contribution in [-0.2, 0) is 24.0 Å². The van der Waals surface area contributed by atoms with Crippen LogP contribution in [0.2, 0.25) is 0 Å². The summed E-state index contributed by atoms with van der Waals surface area (Å²) in [5.41, 5.74) is 2.59. The molecular formula is C20H20N6O2S. The van der Waals surface area contributed by atoms with E-state index in [1.807, 2.05) is 43.2 Å². The third-order valence-corrected chi connectivity index (χ3v) is 5.22. The van der Waals surface area contributed by atoms with Crippen LogP contribution in [0, 0.1) is 0 Å². The minimum atomic E-state index is -0.278. The van der Waals surface area contributed by atoms with Crippen molar-refractivity contribution < 1.29 is 9.53 Å². The molecule has 4 rings (SSSR count). The van der Waals surface area contributed by atoms with Crippen molar-refractivity contribution in [3.63, 3.8) is 0 Å². The molecule has 1 aliphatic heterocycles. The predicted molar refractivity (Wildman–Crippen MR) is 114 cm³/mol. The Hall–Kier alpha value is -3.33. The number of hydrogen-bond donors (Lipinski definition) is 2. The molecule has 9 heteroatoms. The van der Waals surface area contributed by atoms with Gasteiger partial charge in [-0.05, 0) is 30.4 Å². The second-order valence-corrected chi connectivity index (χ2v) is 7.51. The van der Waals surface area contributed by atoms with Crippen LogP contribution in [0.15, 0.2) is 49.2 Å². The maximum absolute atomic E-state index is 11.6. The van der Waals surface area contributed by atoms with Crippen LogP contribution < -0.4 is 15.4 Å². The van der Waals surface area contributed by atoms with E-state index in [1.165, 1.54) is 6.08 Å². The second-order valence-electron chi connectivity index (χ2n) is 6.40. The van der Waals surface area contributed by atoms with Crippen molar-refractivity contribution >= 4 is 35.1 Å². The van der Waals surface area contributed by atoms with Gasteiger partial charge in [-0.3, -0.25) is 9.48 Å². The number of carbonyl (C=O) groups is 1. The van der Waals surface area contributed by atoms with Crippen LogP contribution in [0.25, 0.3) is 0 Å². The van der Waals surface area contributed by atoms with Gasteiger partial charge in [-0.25, -0.2) is 4.98 Å². The summed E-state index contributed by atoms with van der Waals surface area (Å²) in [4.78, 5) is 20.8. The summed E-state index contributed by atoms with van der Waals surface area (Å²) in [6.45, 7) is 3.46. The molecule has 0 unspecified atom stereocenters. The van der Waals surface area contributed by atoms with E-state index in [0.717, 1.165) is 29.2 Å². The Kier molecular flexibility index (Phi) is 5.48. The minimum absolute atomic E-state index is 0.278. The first kappa shape index (κ1) is 19.0. The average Bonchev–Trinajstić information content (AvgIpc) is 3.12. The monoisotopic (exact) mass is 408 g/mol. The van der Waals surface area contributed by atoms with Crippen molar-refractivity contribution in [2.24, 2.45) is 7.05 Å². The molecule has 2 N–H and O–H groups in total. The SMILES string of the molecule is C=CC(=O)Nc1cccc(Oc2nc(Nc3ccn(C)n3)nc3c2CSCC3)c1. The fourth-order valence-corrected chi connectivity index (χ4v) is 3.86. The van der Waals surface area contributed by atoms with Gasteiger partial charge in [-0.15, -0.1) is 0 Å². The molecule has 3 aromatic rings. The fraction of sp³-hybridized carbons (Fsp3) is 0.200. The largest absolute Gasteiger partial charge is 0.438 e. The number of nitrogens with one attached hydrogen (secondary N) is 2. The summed E-state index contributed by atoms with van der Waals surface area (Å²) < 4.78 is 7.82. The predicted octanol–water partition coefficient (Wildman–Crippen LogP) is 3.66. The highest BCUT2D eigenvalue weighted by molar-refractivity contribution is 7.98. The van der Waals surface area contributed by atoms with Crippen molar-refractivity contribution in [1.29, 1.82) is 0 Å². The lowest BCUT2D eigenvalue weighted by atomic mass is 10.2. The Balaban J connectivity index is 1.63. The Morgan fingerprint density at radius 1 is 1.34 bits per heavy atom. The lowest BCUT2D eigenvalue weighted by Gasteiger charge is -2.19. The number of benzene rings is 1. The molecule has 148 valence electrons. The summed E-state index contributed by atoms with van der Waals surface area (Å²) in [6.07, 6.45) is 3.92. The first-order valence-corrected chi connectivity index (χ1v) is 10.2. The molecule has 1 aliphatic rings. The zero-order valence-corrected chi connectivity index (χ0v) is 16.7. The molecule has 0 bridgehead atoms. The van der Waals surface area contributed by atoms with E-state index in [4.69, 9.17) is 4.74 Å². The van der Waals surface area contributed by atoms with Gasteiger partial charge in [0.2, 0.25) is 17.7 Å². The normalized spacial score (nSPS) is 12.7. The number of rotatable bonds is 6. The average molecular weight is 408 g/mol. The third-order valence-electron chi connectivity index (χ3n) is 4.24. The number of aryl methyl sites for hydroxylation is 2. The van der Waals surface area contributed by atoms with E-state index < -0.39 is 0 Å². The molecule has 0 aliphatic carbocycles. The number of hydrogen-bond acceptors (Lipinski definition) is 7. The molecule has 0 atom stereocenters. The highest BCUT2D eigenvalue weighted by Crippen LogP contribution is 2.34. The topological polar surface area (TPSA) is 94.0 Å². The molecule has 0 radical (unpaired) electrons. The number of anilines is 3. The number of nitrogens with zero attached hydrogens (tertiary/aromatic N) is 4. The van der Waals surface area contributed by atoms with E-state index in [1.54, 1.807) is 16.8 Å². The summed E-state index contributed by atoms with van der Waals surface area (Å²) in [6, 6.07) is 9.01. The zero-order chi connectivity index (χ0) is 20.2. The van der Waals surface area contributed by atoms with Crippen molar-refractivity contribution in [2.45, 2.75) is 12.2 Å². The van der Waals surface area contributed by atoms with E-state index >= 15 is 0 Å². The van der Waals surface area contributed by atoms with Crippen LogP contribution in [0.4, 0.5) is 17.5 Å². The number of ether oxygens (including phenoxy) is 1. The first-order valence-electron chi connectivity index (χ1n) is 9.06. The molecule has 1 aromatic carbocycles. The van der Waals surface area contributed by atoms with Crippen LogP contribution >= 0.6 is 11.8 Å². The van der Waals surface area contributed by atoms with Gasteiger partial charge in [-0.1, -0.05) is 12.6 Å². The third kappa shape index (κ3) is 4.57. The molecular weight excluding hydrogens is 388 g/mol. The van der Waals surface area contributed by atoms with E-state index in [0.29, 0.717) is 29.1 Å². The Morgan fingerprint density at radius 2 is 2.24 bits per heavy atom. The van der Waals surface area contributed by atoms with Crippen LogP contribution in [0.3, 0.4) is 0 Å². The van der Waals surface area contributed by atoms with Gasteiger partial charge in [-0.2, -0.15) is 21.8 Å². The van der Waals surface area contributed by atoms with Gasteiger partial charge in [0.25, 0.3) is 0 Å². The van der Waals surface area contributed by atoms with E-state index in [9.17, 15) is 4.79 Å². The highest BCUT2D eigenvalue weighted by Gasteiger charge is 2.20. The standard InChI is InChI=1S/C20H20N6O2S/c1-3-18(27)21-13-5-4-6-14(11-13)28-19-15-12-29-10-8-16(15)22-20(24-19)23-17-7-9-26(2)25-17/h3-7,9,11H,1,8,10,12H2,2H3,(H,21,27)(H,22,23,24,25). The molecule has 1 amide bonds. The molecule has 8 nitrogen and oxygen atoms in total. The van der Waals surface area contributed by atoms with E-state index in [-0.39, 0.29) is 5.91 Å². The molecule has 29 heavy (non-hydrogen) atoms. The van der Waals surface area contributed by atoms with Crippen molar-refractivity contribution in [3.8, 4) is 11.6 Å². The number of aromatic nitrogens is 4. The van der Waals surface area contributed by atoms with Gasteiger partial charge in [0.15, 0.2) is 5.82 Å². The maximum Gasteiger partial charge on any atom is 0.247 e. The zero-order valence-electron chi connectivity index (χ0n) is 15.9. The molecule has 0 saturated carbocycles. The number of thioether (sulfide) groups is 1. The maximum atomic E-state index is 11.6. The Labute approximate surface area is 172 Å². The van der Waals surface area contributed by atoms with Crippen molar-refractivity contribution in [1.82, 2.24) is 19.7 Å². The molecule has 2 aromatic heterocycles. The summed E-state index contributed by atoms with van der Waals surface area (Å²) >= 11 is 1.83. The minimum Gasteiger partial charge on any atom is -0.438 e. The molecule has 3 heterocycles. The van der Waals surface area contributed by atoms with Gasteiger partial charge in [0.1, 0.15) is 5.75 Å². The summed E-state index contributed by atoms with van der Waals surface area (Å²) in [7, 11) is 1.85. The fourth-order valence-electron chi connectivity index (χ4n) is 2.88. The molecule has 0 spiro atoms. The van der Waals surface area contributed by atoms with E-state index in [2.05, 4.69) is 32.3 Å². The van der Waals surface area contributed by atoms with Gasteiger partial charge in [0.05, 0.1) is 5.69 Å². The number of fused-ring (bicyclic) bond motifs is 1. The van der Waals surface area contributed by atoms with Crippen LogP contribution in [0.5, 0.6) is 11.6 Å². The second kappa shape index (κ2) is 8.36. The van der Waals surface area contributed by atoms with Gasteiger partial charge >= 0.3 is 0 Å².